The first-order valence-corrected chi connectivity index (χ1v) is 6.48. The van der Waals surface area contributed by atoms with Gasteiger partial charge in [-0.05, 0) is 20.3 Å². The minimum atomic E-state index is -0.183. The van der Waals surface area contributed by atoms with E-state index < -0.39 is 0 Å². The molecule has 0 radical (unpaired) electrons. The lowest BCUT2D eigenvalue weighted by atomic mass is 10.2. The third-order valence-corrected chi connectivity index (χ3v) is 3.71. The summed E-state index contributed by atoms with van der Waals surface area (Å²) in [6, 6.07) is 0. The highest BCUT2D eigenvalue weighted by Crippen LogP contribution is 2.18. The van der Waals surface area contributed by atoms with Crippen molar-refractivity contribution < 1.29 is 4.79 Å². The molecule has 2 aromatic heterocycles. The SMILES string of the molecule is CCc1nnc(NC(=O)c2c(C)nn(C)c2C)s1. The number of hydrogen-bond donors (Lipinski definition) is 1. The molecule has 0 saturated carbocycles. The van der Waals surface area contributed by atoms with Crippen molar-refractivity contribution in [1.29, 1.82) is 0 Å². The molecule has 96 valence electrons. The van der Waals surface area contributed by atoms with Crippen LogP contribution in [0.2, 0.25) is 0 Å². The summed E-state index contributed by atoms with van der Waals surface area (Å²) < 4.78 is 1.70. The fourth-order valence-electron chi connectivity index (χ4n) is 1.71. The zero-order valence-electron chi connectivity index (χ0n) is 10.8. The topological polar surface area (TPSA) is 72.7 Å². The second-order valence-electron chi connectivity index (χ2n) is 3.98. The number of rotatable bonds is 3. The number of nitrogens with one attached hydrogen (secondary N) is 1. The van der Waals surface area contributed by atoms with Crippen LogP contribution in [0.3, 0.4) is 0 Å². The minimum absolute atomic E-state index is 0.183. The van der Waals surface area contributed by atoms with Crippen LogP contribution in [0.1, 0.15) is 33.7 Å². The van der Waals surface area contributed by atoms with Gasteiger partial charge in [-0.15, -0.1) is 10.2 Å². The molecule has 7 heteroatoms. The Balaban J connectivity index is 2.21. The maximum Gasteiger partial charge on any atom is 0.261 e. The zero-order valence-corrected chi connectivity index (χ0v) is 11.6. The molecule has 0 aromatic carbocycles. The van der Waals surface area contributed by atoms with E-state index in [2.05, 4.69) is 20.6 Å². The van der Waals surface area contributed by atoms with Gasteiger partial charge in [-0.2, -0.15) is 5.10 Å². The molecular weight excluding hydrogens is 250 g/mol. The van der Waals surface area contributed by atoms with Crippen LogP contribution in [0.25, 0.3) is 0 Å². The number of hydrogen-bond acceptors (Lipinski definition) is 5. The van der Waals surface area contributed by atoms with Crippen molar-refractivity contribution in [2.75, 3.05) is 5.32 Å². The van der Waals surface area contributed by atoms with Gasteiger partial charge in [0.2, 0.25) is 5.13 Å². The van der Waals surface area contributed by atoms with Crippen LogP contribution in [-0.4, -0.2) is 25.9 Å². The number of carbonyl (C=O) groups is 1. The predicted molar refractivity (Wildman–Crippen MR) is 69.9 cm³/mol. The molecule has 2 rings (SSSR count). The molecule has 0 aliphatic rings. The van der Waals surface area contributed by atoms with Crippen LogP contribution in [0.15, 0.2) is 0 Å². The van der Waals surface area contributed by atoms with Crippen LogP contribution < -0.4 is 5.32 Å². The molecule has 2 heterocycles. The van der Waals surface area contributed by atoms with Crippen molar-refractivity contribution in [3.8, 4) is 0 Å². The molecule has 6 nitrogen and oxygen atoms in total. The number of aromatic nitrogens is 4. The van der Waals surface area contributed by atoms with E-state index in [4.69, 9.17) is 0 Å². The Labute approximate surface area is 109 Å². The van der Waals surface area contributed by atoms with Crippen molar-refractivity contribution in [1.82, 2.24) is 20.0 Å². The maximum absolute atomic E-state index is 12.1. The van der Waals surface area contributed by atoms with E-state index in [1.54, 1.807) is 4.68 Å². The third-order valence-electron chi connectivity index (χ3n) is 2.73. The molecule has 0 spiro atoms. The summed E-state index contributed by atoms with van der Waals surface area (Å²) in [6.45, 7) is 5.69. The fourth-order valence-corrected chi connectivity index (χ4v) is 2.38. The Morgan fingerprint density at radius 2 is 2.11 bits per heavy atom. The van der Waals surface area contributed by atoms with Gasteiger partial charge in [0, 0.05) is 12.7 Å². The predicted octanol–water partition coefficient (Wildman–Crippen LogP) is 1.70. The summed E-state index contributed by atoms with van der Waals surface area (Å²) in [5.41, 5.74) is 2.16. The second kappa shape index (κ2) is 4.85. The zero-order chi connectivity index (χ0) is 13.3. The first-order valence-electron chi connectivity index (χ1n) is 5.66. The van der Waals surface area contributed by atoms with Gasteiger partial charge in [-0.1, -0.05) is 18.3 Å². The number of carbonyl (C=O) groups excluding carboxylic acids is 1. The Bertz CT molecular complexity index is 586. The molecule has 0 aliphatic heterocycles. The van der Waals surface area contributed by atoms with Gasteiger partial charge in [0.1, 0.15) is 5.01 Å². The molecule has 2 aromatic rings. The molecule has 0 atom stereocenters. The van der Waals surface area contributed by atoms with Crippen molar-refractivity contribution in [3.63, 3.8) is 0 Å². The normalized spacial score (nSPS) is 10.7. The molecule has 0 saturated heterocycles. The third kappa shape index (κ3) is 2.26. The summed E-state index contributed by atoms with van der Waals surface area (Å²) in [5, 5.41) is 16.3. The second-order valence-corrected chi connectivity index (χ2v) is 5.04. The minimum Gasteiger partial charge on any atom is -0.296 e. The summed E-state index contributed by atoms with van der Waals surface area (Å²) in [4.78, 5) is 12.1. The summed E-state index contributed by atoms with van der Waals surface area (Å²) in [6.07, 6.45) is 0.818. The molecule has 0 aliphatic carbocycles. The maximum atomic E-state index is 12.1. The Morgan fingerprint density at radius 3 is 2.61 bits per heavy atom. The highest BCUT2D eigenvalue weighted by molar-refractivity contribution is 7.15. The van der Waals surface area contributed by atoms with Crippen LogP contribution >= 0.6 is 11.3 Å². The van der Waals surface area contributed by atoms with E-state index in [0.29, 0.717) is 16.4 Å². The monoisotopic (exact) mass is 265 g/mol. The van der Waals surface area contributed by atoms with Crippen molar-refractivity contribution in [3.05, 3.63) is 22.0 Å². The average Bonchev–Trinajstić information content (AvgIpc) is 2.85. The van der Waals surface area contributed by atoms with Crippen LogP contribution in [0.5, 0.6) is 0 Å². The first-order chi connectivity index (χ1) is 8.52. The number of amides is 1. The van der Waals surface area contributed by atoms with Gasteiger partial charge < -0.3 is 0 Å². The van der Waals surface area contributed by atoms with Gasteiger partial charge in [0.25, 0.3) is 5.91 Å². The van der Waals surface area contributed by atoms with Crippen LogP contribution in [-0.2, 0) is 13.5 Å². The van der Waals surface area contributed by atoms with E-state index in [-0.39, 0.29) is 5.91 Å². The molecule has 18 heavy (non-hydrogen) atoms. The largest absolute Gasteiger partial charge is 0.296 e. The summed E-state index contributed by atoms with van der Waals surface area (Å²) in [5.74, 6) is -0.183. The van der Waals surface area contributed by atoms with Crippen molar-refractivity contribution in [2.24, 2.45) is 7.05 Å². The van der Waals surface area contributed by atoms with Crippen molar-refractivity contribution >= 4 is 22.4 Å². The standard InChI is InChI=1S/C11H15N5OS/c1-5-8-13-14-11(18-8)12-10(17)9-6(2)15-16(4)7(9)3/h5H2,1-4H3,(H,12,14,17). The molecule has 0 bridgehead atoms. The van der Waals surface area contributed by atoms with E-state index >= 15 is 0 Å². The lowest BCUT2D eigenvalue weighted by Gasteiger charge is -2.01. The Hall–Kier alpha value is -1.76. The summed E-state index contributed by atoms with van der Waals surface area (Å²) >= 11 is 1.39. The van der Waals surface area contributed by atoms with Gasteiger partial charge >= 0.3 is 0 Å². The lowest BCUT2D eigenvalue weighted by molar-refractivity contribution is 0.102. The number of anilines is 1. The molecule has 1 amide bonds. The highest BCUT2D eigenvalue weighted by Gasteiger charge is 2.18. The summed E-state index contributed by atoms with van der Waals surface area (Å²) in [7, 11) is 1.82. The fraction of sp³-hybridized carbons (Fsp3) is 0.455. The highest BCUT2D eigenvalue weighted by atomic mass is 32.1. The molecular formula is C11H15N5OS. The van der Waals surface area contributed by atoms with Crippen LogP contribution in [0.4, 0.5) is 5.13 Å². The van der Waals surface area contributed by atoms with E-state index in [0.717, 1.165) is 17.1 Å². The van der Waals surface area contributed by atoms with E-state index in [9.17, 15) is 4.79 Å². The first kappa shape index (κ1) is 12.7. The van der Waals surface area contributed by atoms with E-state index in [1.807, 2.05) is 27.8 Å². The Kier molecular flexibility index (Phi) is 3.42. The molecule has 1 N–H and O–H groups in total. The lowest BCUT2D eigenvalue weighted by Crippen LogP contribution is -2.13. The molecule has 0 unspecified atom stereocenters. The number of aryl methyl sites for hydroxylation is 3. The Morgan fingerprint density at radius 1 is 1.39 bits per heavy atom. The van der Waals surface area contributed by atoms with Gasteiger partial charge in [0.15, 0.2) is 0 Å². The van der Waals surface area contributed by atoms with E-state index in [1.165, 1.54) is 11.3 Å². The van der Waals surface area contributed by atoms with Gasteiger partial charge in [-0.3, -0.25) is 14.8 Å². The smallest absolute Gasteiger partial charge is 0.261 e. The quantitative estimate of drug-likeness (QED) is 0.916. The van der Waals surface area contributed by atoms with Crippen molar-refractivity contribution in [2.45, 2.75) is 27.2 Å². The average molecular weight is 265 g/mol. The van der Waals surface area contributed by atoms with Gasteiger partial charge in [-0.25, -0.2) is 0 Å². The molecule has 0 fully saturated rings. The number of nitrogens with zero attached hydrogens (tertiary/aromatic N) is 4. The van der Waals surface area contributed by atoms with Gasteiger partial charge in [0.05, 0.1) is 11.3 Å². The van der Waals surface area contributed by atoms with Crippen LogP contribution in [0, 0.1) is 13.8 Å².